The van der Waals surface area contributed by atoms with Gasteiger partial charge in [0.25, 0.3) is 5.69 Å². The predicted molar refractivity (Wildman–Crippen MR) is 82.7 cm³/mol. The molecule has 21 heavy (non-hydrogen) atoms. The normalized spacial score (nSPS) is 18.9. The summed E-state index contributed by atoms with van der Waals surface area (Å²) in [5, 5.41) is 14.3. The minimum absolute atomic E-state index is 0.148. The maximum atomic E-state index is 11.0. The molecular weight excluding hydrogens is 270 g/mol. The van der Waals surface area contributed by atoms with E-state index in [4.69, 9.17) is 4.74 Å². The number of aryl methyl sites for hydroxylation is 1. The Kier molecular flexibility index (Phi) is 5.52. The molecule has 6 heteroatoms. The first-order valence-electron chi connectivity index (χ1n) is 7.30. The van der Waals surface area contributed by atoms with E-state index in [1.165, 1.54) is 0 Å². The molecule has 0 aliphatic carbocycles. The summed E-state index contributed by atoms with van der Waals surface area (Å²) in [6.45, 7) is 6.52. The average molecular weight is 293 g/mol. The maximum absolute atomic E-state index is 11.0. The molecule has 1 saturated heterocycles. The average Bonchev–Trinajstić information content (AvgIpc) is 2.90. The number of methoxy groups -OCH3 is 1. The molecule has 0 saturated carbocycles. The van der Waals surface area contributed by atoms with Crippen LogP contribution in [0.25, 0.3) is 0 Å². The van der Waals surface area contributed by atoms with Gasteiger partial charge < -0.3 is 15.0 Å². The highest BCUT2D eigenvalue weighted by Crippen LogP contribution is 2.26. The van der Waals surface area contributed by atoms with E-state index < -0.39 is 0 Å². The van der Waals surface area contributed by atoms with E-state index in [0.717, 1.165) is 44.8 Å². The quantitative estimate of drug-likeness (QED) is 0.617. The van der Waals surface area contributed by atoms with Crippen LogP contribution in [-0.4, -0.2) is 49.7 Å². The van der Waals surface area contributed by atoms with Crippen LogP contribution < -0.4 is 5.32 Å². The summed E-state index contributed by atoms with van der Waals surface area (Å²) in [6.07, 6.45) is 1.12. The standard InChI is InChI=1S/C15H23N3O3/c1-12-3-4-15(18(19)20)14(9-12)16-10-13-5-6-17(11-13)7-8-21-2/h3-4,9,13,16H,5-8,10-11H2,1-2H3/t13-/m1/s1. The van der Waals surface area contributed by atoms with Crippen molar-refractivity contribution in [3.8, 4) is 0 Å². The second kappa shape index (κ2) is 7.38. The SMILES string of the molecule is COCCN1CC[C@H](CNc2cc(C)ccc2[N+](=O)[O-])C1. The monoisotopic (exact) mass is 293 g/mol. The van der Waals surface area contributed by atoms with Gasteiger partial charge in [0.1, 0.15) is 5.69 Å². The Labute approximate surface area is 125 Å². The molecule has 1 fully saturated rings. The molecule has 0 amide bonds. The molecule has 1 aliphatic rings. The number of benzene rings is 1. The van der Waals surface area contributed by atoms with E-state index in [2.05, 4.69) is 10.2 Å². The minimum atomic E-state index is -0.332. The Balaban J connectivity index is 1.89. The zero-order valence-electron chi connectivity index (χ0n) is 12.7. The summed E-state index contributed by atoms with van der Waals surface area (Å²) in [6, 6.07) is 5.18. The summed E-state index contributed by atoms with van der Waals surface area (Å²) < 4.78 is 5.09. The lowest BCUT2D eigenvalue weighted by Crippen LogP contribution is -2.26. The van der Waals surface area contributed by atoms with Crippen molar-refractivity contribution in [2.24, 2.45) is 5.92 Å². The van der Waals surface area contributed by atoms with Crippen LogP contribution in [0, 0.1) is 23.0 Å². The van der Waals surface area contributed by atoms with Crippen molar-refractivity contribution in [3.63, 3.8) is 0 Å². The van der Waals surface area contributed by atoms with Crippen molar-refractivity contribution in [1.29, 1.82) is 0 Å². The summed E-state index contributed by atoms with van der Waals surface area (Å²) >= 11 is 0. The van der Waals surface area contributed by atoms with Crippen LogP contribution in [0.2, 0.25) is 0 Å². The molecule has 1 atom stereocenters. The molecule has 1 N–H and O–H groups in total. The van der Waals surface area contributed by atoms with Gasteiger partial charge in [-0.3, -0.25) is 10.1 Å². The zero-order valence-corrected chi connectivity index (χ0v) is 12.7. The fourth-order valence-electron chi connectivity index (χ4n) is 2.71. The summed E-state index contributed by atoms with van der Waals surface area (Å²) in [7, 11) is 1.71. The van der Waals surface area contributed by atoms with Crippen molar-refractivity contribution in [2.75, 3.05) is 45.2 Å². The zero-order chi connectivity index (χ0) is 15.2. The van der Waals surface area contributed by atoms with E-state index in [1.807, 2.05) is 13.0 Å². The predicted octanol–water partition coefficient (Wildman–Crippen LogP) is 2.28. The van der Waals surface area contributed by atoms with Gasteiger partial charge in [-0.25, -0.2) is 0 Å². The van der Waals surface area contributed by atoms with Crippen LogP contribution in [0.15, 0.2) is 18.2 Å². The fourth-order valence-corrected chi connectivity index (χ4v) is 2.71. The summed E-state index contributed by atoms with van der Waals surface area (Å²) in [5.41, 5.74) is 1.79. The van der Waals surface area contributed by atoms with Gasteiger partial charge in [0.15, 0.2) is 0 Å². The van der Waals surface area contributed by atoms with Gasteiger partial charge in [0.2, 0.25) is 0 Å². The number of nitrogens with zero attached hydrogens (tertiary/aromatic N) is 2. The van der Waals surface area contributed by atoms with Crippen LogP contribution in [0.1, 0.15) is 12.0 Å². The maximum Gasteiger partial charge on any atom is 0.292 e. The molecule has 116 valence electrons. The van der Waals surface area contributed by atoms with Crippen molar-refractivity contribution >= 4 is 11.4 Å². The van der Waals surface area contributed by atoms with Gasteiger partial charge in [-0.05, 0) is 37.4 Å². The number of nitro benzene ring substituents is 1. The molecule has 6 nitrogen and oxygen atoms in total. The molecule has 1 aromatic carbocycles. The van der Waals surface area contributed by atoms with Gasteiger partial charge in [-0.1, -0.05) is 6.07 Å². The van der Waals surface area contributed by atoms with Crippen LogP contribution in [-0.2, 0) is 4.74 Å². The van der Waals surface area contributed by atoms with E-state index in [1.54, 1.807) is 19.2 Å². The third-order valence-corrected chi connectivity index (χ3v) is 3.91. The topological polar surface area (TPSA) is 67.6 Å². The Bertz CT molecular complexity index is 493. The van der Waals surface area contributed by atoms with Crippen LogP contribution in [0.3, 0.4) is 0 Å². The molecule has 0 aromatic heterocycles. The number of ether oxygens (including phenoxy) is 1. The summed E-state index contributed by atoms with van der Waals surface area (Å²) in [4.78, 5) is 13.1. The second-order valence-corrected chi connectivity index (χ2v) is 5.61. The third kappa shape index (κ3) is 4.41. The Morgan fingerprint density at radius 1 is 1.52 bits per heavy atom. The smallest absolute Gasteiger partial charge is 0.292 e. The van der Waals surface area contributed by atoms with Gasteiger partial charge in [-0.15, -0.1) is 0 Å². The lowest BCUT2D eigenvalue weighted by atomic mass is 10.1. The first kappa shape index (κ1) is 15.7. The molecule has 0 unspecified atom stereocenters. The first-order chi connectivity index (χ1) is 10.1. The molecule has 1 heterocycles. The Morgan fingerprint density at radius 3 is 3.05 bits per heavy atom. The molecule has 1 aromatic rings. The highest BCUT2D eigenvalue weighted by atomic mass is 16.6. The van der Waals surface area contributed by atoms with Crippen LogP contribution in [0.5, 0.6) is 0 Å². The van der Waals surface area contributed by atoms with Crippen molar-refractivity contribution in [3.05, 3.63) is 33.9 Å². The number of hydrogen-bond acceptors (Lipinski definition) is 5. The molecule has 0 radical (unpaired) electrons. The van der Waals surface area contributed by atoms with E-state index in [-0.39, 0.29) is 10.6 Å². The van der Waals surface area contributed by atoms with E-state index in [0.29, 0.717) is 11.6 Å². The van der Waals surface area contributed by atoms with Crippen LogP contribution in [0.4, 0.5) is 11.4 Å². The number of likely N-dealkylation sites (tertiary alicyclic amines) is 1. The molecule has 1 aliphatic heterocycles. The largest absolute Gasteiger partial charge is 0.383 e. The van der Waals surface area contributed by atoms with Gasteiger partial charge in [0.05, 0.1) is 11.5 Å². The minimum Gasteiger partial charge on any atom is -0.383 e. The molecule has 0 bridgehead atoms. The van der Waals surface area contributed by atoms with Gasteiger partial charge >= 0.3 is 0 Å². The van der Waals surface area contributed by atoms with Crippen molar-refractivity contribution < 1.29 is 9.66 Å². The Morgan fingerprint density at radius 2 is 2.33 bits per heavy atom. The second-order valence-electron chi connectivity index (χ2n) is 5.61. The lowest BCUT2D eigenvalue weighted by Gasteiger charge is -2.16. The highest BCUT2D eigenvalue weighted by Gasteiger charge is 2.23. The number of anilines is 1. The highest BCUT2D eigenvalue weighted by molar-refractivity contribution is 5.62. The molecule has 0 spiro atoms. The molecular formula is C15H23N3O3. The fraction of sp³-hybridized carbons (Fsp3) is 0.600. The van der Waals surface area contributed by atoms with Gasteiger partial charge in [0, 0.05) is 32.8 Å². The first-order valence-corrected chi connectivity index (χ1v) is 7.30. The number of nitro groups is 1. The van der Waals surface area contributed by atoms with E-state index in [9.17, 15) is 10.1 Å². The van der Waals surface area contributed by atoms with Crippen LogP contribution >= 0.6 is 0 Å². The molecule has 2 rings (SSSR count). The lowest BCUT2D eigenvalue weighted by molar-refractivity contribution is -0.384. The summed E-state index contributed by atoms with van der Waals surface area (Å²) in [5.74, 6) is 0.530. The van der Waals surface area contributed by atoms with Crippen molar-refractivity contribution in [2.45, 2.75) is 13.3 Å². The number of nitrogens with one attached hydrogen (secondary N) is 1. The van der Waals surface area contributed by atoms with Gasteiger partial charge in [-0.2, -0.15) is 0 Å². The third-order valence-electron chi connectivity index (χ3n) is 3.91. The van der Waals surface area contributed by atoms with Crippen molar-refractivity contribution in [1.82, 2.24) is 4.90 Å². The number of rotatable bonds is 7. The Hall–Kier alpha value is -1.66. The van der Waals surface area contributed by atoms with E-state index >= 15 is 0 Å². The number of hydrogen-bond donors (Lipinski definition) is 1.